The third-order valence-corrected chi connectivity index (χ3v) is 6.03. The molecule has 1 aliphatic rings. The lowest BCUT2D eigenvalue weighted by Gasteiger charge is -2.27. The molecule has 0 amide bonds. The lowest BCUT2D eigenvalue weighted by Crippen LogP contribution is -2.36. The number of hydrogen-bond acceptors (Lipinski definition) is 5. The molecule has 3 aromatic carbocycles. The van der Waals surface area contributed by atoms with E-state index in [2.05, 4.69) is 4.18 Å². The molecular formula is C22H15F3O5S. The van der Waals surface area contributed by atoms with Crippen molar-refractivity contribution in [3.8, 4) is 11.5 Å². The van der Waals surface area contributed by atoms with E-state index in [0.717, 1.165) is 17.7 Å². The molecule has 0 aromatic heterocycles. The minimum Gasteiger partial charge on any atom is -0.425 e. The molecule has 1 unspecified atom stereocenters. The van der Waals surface area contributed by atoms with Gasteiger partial charge in [0.25, 0.3) is 0 Å². The summed E-state index contributed by atoms with van der Waals surface area (Å²) in [5, 5.41) is 0. The van der Waals surface area contributed by atoms with E-state index in [4.69, 9.17) is 4.74 Å². The van der Waals surface area contributed by atoms with Gasteiger partial charge in [-0.05, 0) is 30.2 Å². The van der Waals surface area contributed by atoms with E-state index >= 15 is 0 Å². The Hall–Kier alpha value is -3.33. The van der Waals surface area contributed by atoms with E-state index in [1.807, 2.05) is 19.1 Å². The predicted octanol–water partition coefficient (Wildman–Crippen LogP) is 4.48. The summed E-state index contributed by atoms with van der Waals surface area (Å²) in [6, 6.07) is 19.4. The maximum absolute atomic E-state index is 13.2. The highest BCUT2D eigenvalue weighted by atomic mass is 32.2. The molecule has 0 fully saturated rings. The number of ether oxygens (including phenoxy) is 1. The molecule has 4 rings (SSSR count). The van der Waals surface area contributed by atoms with Gasteiger partial charge in [0.05, 0.1) is 0 Å². The number of fused-ring (bicyclic) bond motifs is 1. The minimum absolute atomic E-state index is 0.0793. The summed E-state index contributed by atoms with van der Waals surface area (Å²) in [5.74, 6) is -1.35. The van der Waals surface area contributed by atoms with E-state index in [9.17, 15) is 26.4 Å². The lowest BCUT2D eigenvalue weighted by molar-refractivity contribution is -0.135. The van der Waals surface area contributed by atoms with Gasteiger partial charge in [0, 0.05) is 11.6 Å². The Morgan fingerprint density at radius 1 is 0.903 bits per heavy atom. The molecule has 160 valence electrons. The van der Waals surface area contributed by atoms with E-state index in [0.29, 0.717) is 16.7 Å². The largest absolute Gasteiger partial charge is 0.534 e. The number of aryl methyl sites for hydroxylation is 1. The Bertz CT molecular complexity index is 1250. The van der Waals surface area contributed by atoms with Crippen molar-refractivity contribution in [3.05, 3.63) is 95.1 Å². The molecule has 9 heteroatoms. The van der Waals surface area contributed by atoms with Crippen LogP contribution in [0, 0.1) is 6.92 Å². The van der Waals surface area contributed by atoms with Gasteiger partial charge in [-0.1, -0.05) is 60.2 Å². The maximum Gasteiger partial charge on any atom is 0.534 e. The smallest absolute Gasteiger partial charge is 0.425 e. The van der Waals surface area contributed by atoms with Crippen LogP contribution >= 0.6 is 0 Å². The van der Waals surface area contributed by atoms with Crippen molar-refractivity contribution < 1.29 is 35.3 Å². The molecule has 31 heavy (non-hydrogen) atoms. The highest BCUT2D eigenvalue weighted by Gasteiger charge is 2.53. The van der Waals surface area contributed by atoms with Crippen molar-refractivity contribution in [1.82, 2.24) is 0 Å². The fourth-order valence-electron chi connectivity index (χ4n) is 3.61. The Morgan fingerprint density at radius 3 is 2.13 bits per heavy atom. The zero-order chi connectivity index (χ0) is 22.4. The van der Waals surface area contributed by atoms with Crippen molar-refractivity contribution in [2.75, 3.05) is 0 Å². The first kappa shape index (κ1) is 20.9. The highest BCUT2D eigenvalue weighted by Crippen LogP contribution is 2.50. The predicted molar refractivity (Wildman–Crippen MR) is 105 cm³/mol. The van der Waals surface area contributed by atoms with Gasteiger partial charge in [-0.15, -0.1) is 0 Å². The minimum atomic E-state index is -5.86. The molecule has 0 bridgehead atoms. The van der Waals surface area contributed by atoms with Crippen LogP contribution in [0.5, 0.6) is 11.5 Å². The number of benzene rings is 3. The first-order valence-electron chi connectivity index (χ1n) is 9.06. The second kappa shape index (κ2) is 7.12. The van der Waals surface area contributed by atoms with Crippen molar-refractivity contribution in [2.24, 2.45) is 0 Å². The van der Waals surface area contributed by atoms with Crippen molar-refractivity contribution in [2.45, 2.75) is 17.8 Å². The van der Waals surface area contributed by atoms with Crippen molar-refractivity contribution in [3.63, 3.8) is 0 Å². The quantitative estimate of drug-likeness (QED) is 0.255. The zero-order valence-corrected chi connectivity index (χ0v) is 16.8. The van der Waals surface area contributed by atoms with Gasteiger partial charge in [-0.25, -0.2) is 4.79 Å². The van der Waals surface area contributed by atoms with Crippen LogP contribution in [0.4, 0.5) is 13.2 Å². The van der Waals surface area contributed by atoms with E-state index < -0.39 is 32.8 Å². The summed E-state index contributed by atoms with van der Waals surface area (Å²) >= 11 is 0. The maximum atomic E-state index is 13.2. The van der Waals surface area contributed by atoms with Gasteiger partial charge in [0.15, 0.2) is 0 Å². The molecule has 0 N–H and O–H groups in total. The molecule has 1 atom stereocenters. The van der Waals surface area contributed by atoms with Crippen LogP contribution in [-0.2, 0) is 20.3 Å². The third kappa shape index (κ3) is 3.34. The summed E-state index contributed by atoms with van der Waals surface area (Å²) in [4.78, 5) is 13.2. The summed E-state index contributed by atoms with van der Waals surface area (Å²) in [6.45, 7) is 1.89. The Balaban J connectivity index is 1.89. The van der Waals surface area contributed by atoms with Crippen LogP contribution in [0.3, 0.4) is 0 Å². The molecule has 1 aliphatic heterocycles. The first-order valence-corrected chi connectivity index (χ1v) is 10.5. The summed E-state index contributed by atoms with van der Waals surface area (Å²) in [5.41, 5.74) is -4.42. The van der Waals surface area contributed by atoms with Crippen LogP contribution in [-0.4, -0.2) is 19.9 Å². The third-order valence-electron chi connectivity index (χ3n) is 5.05. The fourth-order valence-corrected chi connectivity index (χ4v) is 4.07. The van der Waals surface area contributed by atoms with Crippen molar-refractivity contribution >= 4 is 16.1 Å². The van der Waals surface area contributed by atoms with Crippen LogP contribution in [0.15, 0.2) is 72.8 Å². The molecule has 5 nitrogen and oxygen atoms in total. The SMILES string of the molecule is Cc1ccc(C2(c3ccccc3)C(=O)Oc3cc(OS(=O)(=O)C(F)(F)F)ccc32)cc1. The van der Waals surface area contributed by atoms with Crippen LogP contribution in [0.25, 0.3) is 0 Å². The normalized spacial score (nSPS) is 18.4. The average Bonchev–Trinajstić information content (AvgIpc) is 3.00. The molecule has 0 saturated heterocycles. The average molecular weight is 448 g/mol. The molecule has 0 saturated carbocycles. The number of rotatable bonds is 4. The number of hydrogen-bond donors (Lipinski definition) is 0. The fraction of sp³-hybridized carbons (Fsp3) is 0.136. The molecule has 0 spiro atoms. The number of halogens is 3. The van der Waals surface area contributed by atoms with Gasteiger partial charge < -0.3 is 8.92 Å². The Kier molecular flexibility index (Phi) is 4.81. The van der Waals surface area contributed by atoms with Crippen LogP contribution in [0.1, 0.15) is 22.3 Å². The monoisotopic (exact) mass is 448 g/mol. The molecule has 3 aromatic rings. The number of esters is 1. The molecule has 0 aliphatic carbocycles. The Morgan fingerprint density at radius 2 is 1.52 bits per heavy atom. The van der Waals surface area contributed by atoms with E-state index in [-0.39, 0.29) is 5.75 Å². The number of carbonyl (C=O) groups is 1. The number of alkyl halides is 3. The van der Waals surface area contributed by atoms with Gasteiger partial charge in [-0.3, -0.25) is 0 Å². The van der Waals surface area contributed by atoms with Crippen LogP contribution in [0.2, 0.25) is 0 Å². The second-order valence-electron chi connectivity index (χ2n) is 7.01. The second-order valence-corrected chi connectivity index (χ2v) is 8.55. The summed E-state index contributed by atoms with van der Waals surface area (Å²) < 4.78 is 70.2. The Labute approximate surface area is 176 Å². The van der Waals surface area contributed by atoms with Gasteiger partial charge in [0.1, 0.15) is 16.9 Å². The van der Waals surface area contributed by atoms with E-state index in [1.54, 1.807) is 42.5 Å². The molecule has 0 radical (unpaired) electrons. The van der Waals surface area contributed by atoms with Gasteiger partial charge >= 0.3 is 21.6 Å². The summed E-state index contributed by atoms with van der Waals surface area (Å²) in [6.07, 6.45) is 0. The standard InChI is InChI=1S/C22H15F3O5S/c1-14-7-9-16(10-8-14)21(15-5-3-2-4-6-15)18-12-11-17(13-19(18)29-20(21)26)30-31(27,28)22(23,24)25/h2-13H,1H3. The topological polar surface area (TPSA) is 69.7 Å². The van der Waals surface area contributed by atoms with Crippen LogP contribution < -0.4 is 8.92 Å². The number of carbonyl (C=O) groups excluding carboxylic acids is 1. The highest BCUT2D eigenvalue weighted by molar-refractivity contribution is 7.88. The lowest BCUT2D eigenvalue weighted by atomic mass is 9.70. The van der Waals surface area contributed by atoms with E-state index in [1.165, 1.54) is 6.07 Å². The summed E-state index contributed by atoms with van der Waals surface area (Å²) in [7, 11) is -5.86. The van der Waals surface area contributed by atoms with Gasteiger partial charge in [-0.2, -0.15) is 21.6 Å². The first-order chi connectivity index (χ1) is 14.6. The van der Waals surface area contributed by atoms with Gasteiger partial charge in [0.2, 0.25) is 0 Å². The van der Waals surface area contributed by atoms with Crippen molar-refractivity contribution in [1.29, 1.82) is 0 Å². The molecular weight excluding hydrogens is 433 g/mol. The zero-order valence-electron chi connectivity index (χ0n) is 16.0. The molecule has 1 heterocycles.